The molecule has 5 heteroatoms. The lowest BCUT2D eigenvalue weighted by atomic mass is 10.2. The second kappa shape index (κ2) is 2.48. The summed E-state index contributed by atoms with van der Waals surface area (Å²) in [5.41, 5.74) is -0.323. The van der Waals surface area contributed by atoms with E-state index in [1.165, 1.54) is 0 Å². The van der Waals surface area contributed by atoms with Crippen molar-refractivity contribution in [3.05, 3.63) is 35.8 Å². The maximum atomic E-state index is 12.9. The minimum Gasteiger partial charge on any atom is -0.204 e. The van der Waals surface area contributed by atoms with Crippen molar-refractivity contribution in [2.45, 2.75) is 0 Å². The van der Waals surface area contributed by atoms with Gasteiger partial charge < -0.3 is 0 Å². The monoisotopic (exact) mass is 189 g/mol. The molecule has 2 aromatic rings. The zero-order valence-corrected chi connectivity index (χ0v) is 6.19. The Labute approximate surface area is 70.1 Å². The van der Waals surface area contributed by atoms with E-state index in [-0.39, 0.29) is 10.3 Å². The second-order valence-electron chi connectivity index (χ2n) is 2.54. The Morgan fingerprint density at radius 2 is 1.69 bits per heavy atom. The number of aromatic nitrogens is 1. The van der Waals surface area contributed by atoms with Crippen molar-refractivity contribution >= 4 is 10.9 Å². The van der Waals surface area contributed by atoms with Gasteiger partial charge in [0.2, 0.25) is 0 Å². The molecule has 0 aliphatic carbocycles. The fourth-order valence-electron chi connectivity index (χ4n) is 1.18. The average Bonchev–Trinajstić information content (AvgIpc) is 2.35. The number of fused-ring (bicyclic) bond motifs is 1. The van der Waals surface area contributed by atoms with Crippen molar-refractivity contribution in [3.8, 4) is 0 Å². The molecule has 0 saturated carbocycles. The van der Waals surface area contributed by atoms with Crippen LogP contribution in [0.1, 0.15) is 0 Å². The average molecular weight is 189 g/mol. The summed E-state index contributed by atoms with van der Waals surface area (Å²) in [6.45, 7) is 0. The number of hydrogen-bond donors (Lipinski definition) is 0. The van der Waals surface area contributed by atoms with E-state index >= 15 is 0 Å². The van der Waals surface area contributed by atoms with Crippen LogP contribution in [-0.4, -0.2) is 4.79 Å². The topological polar surface area (TPSA) is 4.93 Å². The van der Waals surface area contributed by atoms with Crippen molar-refractivity contribution in [1.29, 1.82) is 0 Å². The van der Waals surface area contributed by atoms with Gasteiger partial charge in [0.25, 0.3) is 0 Å². The third-order valence-corrected chi connectivity index (χ3v) is 1.77. The van der Waals surface area contributed by atoms with Crippen LogP contribution in [0.3, 0.4) is 0 Å². The van der Waals surface area contributed by atoms with E-state index in [1.807, 2.05) is 0 Å². The first-order chi connectivity index (χ1) is 6.11. The van der Waals surface area contributed by atoms with Crippen LogP contribution in [0.5, 0.6) is 0 Å². The van der Waals surface area contributed by atoms with Crippen LogP contribution in [0.15, 0.2) is 18.3 Å². The normalized spacial score (nSPS) is 11.1. The summed E-state index contributed by atoms with van der Waals surface area (Å²) >= 11 is 0. The molecular weight excluding hydrogens is 186 g/mol. The smallest absolute Gasteiger partial charge is 0.171 e. The molecule has 1 nitrogen and oxygen atoms in total. The highest BCUT2D eigenvalue weighted by Crippen LogP contribution is 2.24. The molecule has 0 aliphatic rings. The molecular formula is C8H3F4N. The van der Waals surface area contributed by atoms with Gasteiger partial charge in [-0.1, -0.05) is 4.48 Å². The van der Waals surface area contributed by atoms with Gasteiger partial charge in [-0.15, -0.1) is 0 Å². The van der Waals surface area contributed by atoms with E-state index in [9.17, 15) is 17.7 Å². The van der Waals surface area contributed by atoms with Gasteiger partial charge in [-0.25, -0.2) is 13.2 Å². The van der Waals surface area contributed by atoms with Crippen LogP contribution in [0.4, 0.5) is 17.7 Å². The molecule has 0 amide bonds. The summed E-state index contributed by atoms with van der Waals surface area (Å²) in [5, 5.41) is -0.664. The minimum atomic E-state index is -1.37. The molecule has 1 heterocycles. The molecule has 0 bridgehead atoms. The lowest BCUT2D eigenvalue weighted by Gasteiger charge is -1.94. The van der Waals surface area contributed by atoms with Crippen molar-refractivity contribution < 1.29 is 17.7 Å². The van der Waals surface area contributed by atoms with Crippen molar-refractivity contribution in [2.75, 3.05) is 0 Å². The predicted molar refractivity (Wildman–Crippen MR) is 38.3 cm³/mol. The van der Waals surface area contributed by atoms with Crippen molar-refractivity contribution in [2.24, 2.45) is 0 Å². The van der Waals surface area contributed by atoms with Crippen LogP contribution in [0.25, 0.3) is 10.9 Å². The molecule has 0 saturated heterocycles. The number of hydrogen-bond acceptors (Lipinski definition) is 0. The number of nitrogens with zero attached hydrogens (tertiary/aromatic N) is 1. The number of halogens is 4. The van der Waals surface area contributed by atoms with E-state index in [1.54, 1.807) is 0 Å². The molecule has 0 atom stereocenters. The molecule has 0 N–H and O–H groups in total. The van der Waals surface area contributed by atoms with Crippen molar-refractivity contribution in [1.82, 2.24) is 4.79 Å². The number of benzene rings is 1. The van der Waals surface area contributed by atoms with Gasteiger partial charge >= 0.3 is 0 Å². The zero-order chi connectivity index (χ0) is 9.59. The Morgan fingerprint density at radius 1 is 1.00 bits per heavy atom. The molecule has 0 spiro atoms. The third-order valence-electron chi connectivity index (χ3n) is 1.77. The standard InChI is InChI=1S/C8H3F4N/c9-4-1-2-6-7(8(4)11)5(10)3-13(6)12/h1-3H. The lowest BCUT2D eigenvalue weighted by Crippen LogP contribution is -1.86. The Bertz CT molecular complexity index is 474. The van der Waals surface area contributed by atoms with Crippen LogP contribution in [-0.2, 0) is 0 Å². The molecule has 13 heavy (non-hydrogen) atoms. The van der Waals surface area contributed by atoms with Gasteiger partial charge in [-0.2, -0.15) is 4.79 Å². The Morgan fingerprint density at radius 3 is 2.38 bits per heavy atom. The molecule has 0 aliphatic heterocycles. The summed E-state index contributed by atoms with van der Waals surface area (Å²) in [5.74, 6) is -3.68. The fraction of sp³-hybridized carbons (Fsp3) is 0. The molecule has 68 valence electrons. The highest BCUT2D eigenvalue weighted by Gasteiger charge is 2.15. The molecule has 1 aromatic carbocycles. The van der Waals surface area contributed by atoms with Gasteiger partial charge in [0.15, 0.2) is 17.5 Å². The quantitative estimate of drug-likeness (QED) is 0.561. The second-order valence-corrected chi connectivity index (χ2v) is 2.54. The SMILES string of the molecule is Fc1ccc2c(c(F)cn2F)c1F. The van der Waals surface area contributed by atoms with Gasteiger partial charge in [-0.3, -0.25) is 0 Å². The summed E-state index contributed by atoms with van der Waals surface area (Å²) in [4.78, 5) is -0.0901. The zero-order valence-electron chi connectivity index (χ0n) is 6.19. The van der Waals surface area contributed by atoms with Gasteiger partial charge in [0.1, 0.15) is 0 Å². The van der Waals surface area contributed by atoms with E-state index < -0.39 is 22.8 Å². The van der Waals surface area contributed by atoms with E-state index in [4.69, 9.17) is 0 Å². The van der Waals surface area contributed by atoms with Crippen molar-refractivity contribution in [3.63, 3.8) is 0 Å². The predicted octanol–water partition coefficient (Wildman–Crippen LogP) is 2.79. The molecule has 0 unspecified atom stereocenters. The van der Waals surface area contributed by atoms with Crippen LogP contribution in [0.2, 0.25) is 0 Å². The van der Waals surface area contributed by atoms with E-state index in [0.717, 1.165) is 12.1 Å². The Kier molecular flexibility index (Phi) is 1.55. The maximum Gasteiger partial charge on any atom is 0.171 e. The minimum absolute atomic E-state index is 0.0901. The fourth-order valence-corrected chi connectivity index (χ4v) is 1.18. The first-order valence-electron chi connectivity index (χ1n) is 3.42. The van der Waals surface area contributed by atoms with E-state index in [0.29, 0.717) is 6.20 Å². The van der Waals surface area contributed by atoms with Crippen LogP contribution in [0, 0.1) is 17.5 Å². The first-order valence-corrected chi connectivity index (χ1v) is 3.42. The van der Waals surface area contributed by atoms with Crippen LogP contribution >= 0.6 is 0 Å². The summed E-state index contributed by atoms with van der Waals surface area (Å²) < 4.78 is 50.9. The number of rotatable bonds is 0. The summed E-state index contributed by atoms with van der Waals surface area (Å²) in [6, 6.07) is 1.71. The third kappa shape index (κ3) is 0.998. The molecule has 1 aromatic heterocycles. The van der Waals surface area contributed by atoms with Gasteiger partial charge in [0, 0.05) is 0 Å². The molecule has 0 radical (unpaired) electrons. The summed E-state index contributed by atoms with van der Waals surface area (Å²) in [6.07, 6.45) is 0.452. The molecule has 2 rings (SSSR count). The Hall–Kier alpha value is -1.52. The van der Waals surface area contributed by atoms with Gasteiger partial charge in [-0.05, 0) is 12.1 Å². The molecule has 0 fully saturated rings. The van der Waals surface area contributed by atoms with Gasteiger partial charge in [0.05, 0.1) is 17.1 Å². The van der Waals surface area contributed by atoms with E-state index in [2.05, 4.69) is 0 Å². The largest absolute Gasteiger partial charge is 0.204 e. The lowest BCUT2D eigenvalue weighted by molar-refractivity contribution is 0.382. The first kappa shape index (κ1) is 8.10. The maximum absolute atomic E-state index is 12.9. The van der Waals surface area contributed by atoms with Crippen LogP contribution < -0.4 is 0 Å². The highest BCUT2D eigenvalue weighted by atomic mass is 19.2. The highest BCUT2D eigenvalue weighted by molar-refractivity contribution is 5.81. The summed E-state index contributed by atoms with van der Waals surface area (Å²) in [7, 11) is 0. The Balaban J connectivity index is 2.98.